The summed E-state index contributed by atoms with van der Waals surface area (Å²) in [4.78, 5) is 14.5. The molecule has 0 fully saturated rings. The van der Waals surface area contributed by atoms with Crippen molar-refractivity contribution in [3.05, 3.63) is 49.9 Å². The van der Waals surface area contributed by atoms with Gasteiger partial charge in [-0.3, -0.25) is 10.1 Å². The van der Waals surface area contributed by atoms with Gasteiger partial charge in [-0.1, -0.05) is 11.6 Å². The molecule has 1 heterocycles. The van der Waals surface area contributed by atoms with E-state index in [0.29, 0.717) is 17.3 Å². The molecule has 0 amide bonds. The number of nitrogens with one attached hydrogen (secondary N) is 1. The predicted molar refractivity (Wildman–Crippen MR) is 67.5 cm³/mol. The summed E-state index contributed by atoms with van der Waals surface area (Å²) in [6, 6.07) is 4.53. The fourth-order valence-corrected chi connectivity index (χ4v) is 2.04. The molecule has 2 aromatic rings. The standard InChI is InChI=1S/C10H8ClN3O2S/c11-7-1-2-8(9(5-7)14(15)16)13-6-10-12-3-4-17-10/h1-5,13H,6H2. The predicted octanol–water partition coefficient (Wildman–Crippen LogP) is 3.32. The van der Waals surface area contributed by atoms with Crippen molar-refractivity contribution in [2.24, 2.45) is 0 Å². The minimum absolute atomic E-state index is 0.0333. The molecule has 1 N–H and O–H groups in total. The number of nitrogens with zero attached hydrogens (tertiary/aromatic N) is 2. The Kier molecular flexibility index (Phi) is 3.55. The first-order valence-corrected chi connectivity index (χ1v) is 5.99. The maximum atomic E-state index is 10.8. The van der Waals surface area contributed by atoms with Gasteiger partial charge in [0.1, 0.15) is 10.7 Å². The Morgan fingerprint density at radius 2 is 2.35 bits per heavy atom. The molecule has 17 heavy (non-hydrogen) atoms. The largest absolute Gasteiger partial charge is 0.373 e. The smallest absolute Gasteiger partial charge is 0.293 e. The molecule has 0 aliphatic rings. The molecule has 0 unspecified atom stereocenters. The number of anilines is 1. The maximum Gasteiger partial charge on any atom is 0.293 e. The number of hydrogen-bond acceptors (Lipinski definition) is 5. The number of rotatable bonds is 4. The van der Waals surface area contributed by atoms with Gasteiger partial charge in [0.25, 0.3) is 5.69 Å². The Hall–Kier alpha value is -1.66. The van der Waals surface area contributed by atoms with E-state index in [0.717, 1.165) is 5.01 Å². The van der Waals surface area contributed by atoms with Gasteiger partial charge in [0.2, 0.25) is 0 Å². The third-order valence-electron chi connectivity index (χ3n) is 2.07. The van der Waals surface area contributed by atoms with Gasteiger partial charge < -0.3 is 5.32 Å². The van der Waals surface area contributed by atoms with Crippen LogP contribution in [0.5, 0.6) is 0 Å². The van der Waals surface area contributed by atoms with Gasteiger partial charge in [-0.15, -0.1) is 11.3 Å². The van der Waals surface area contributed by atoms with E-state index in [1.807, 2.05) is 5.38 Å². The summed E-state index contributed by atoms with van der Waals surface area (Å²) in [7, 11) is 0. The Bertz CT molecular complexity index is 530. The van der Waals surface area contributed by atoms with Crippen LogP contribution in [0.1, 0.15) is 5.01 Å². The van der Waals surface area contributed by atoms with Gasteiger partial charge in [0.15, 0.2) is 0 Å². The number of nitro groups is 1. The van der Waals surface area contributed by atoms with Gasteiger partial charge in [-0.25, -0.2) is 4.98 Å². The summed E-state index contributed by atoms with van der Waals surface area (Å²) in [5, 5.41) is 16.9. The fraction of sp³-hybridized carbons (Fsp3) is 0.100. The summed E-state index contributed by atoms with van der Waals surface area (Å²) < 4.78 is 0. The molecule has 1 aromatic heterocycles. The van der Waals surface area contributed by atoms with Crippen LogP contribution in [0.3, 0.4) is 0 Å². The molecule has 2 rings (SSSR count). The Balaban J connectivity index is 2.17. The van der Waals surface area contributed by atoms with E-state index in [1.165, 1.54) is 17.4 Å². The molecule has 0 aliphatic heterocycles. The van der Waals surface area contributed by atoms with E-state index < -0.39 is 4.92 Å². The van der Waals surface area contributed by atoms with Crippen molar-refractivity contribution < 1.29 is 4.92 Å². The van der Waals surface area contributed by atoms with Crippen LogP contribution in [0.2, 0.25) is 5.02 Å². The third kappa shape index (κ3) is 2.92. The van der Waals surface area contributed by atoms with Crippen LogP contribution in [-0.2, 0) is 6.54 Å². The molecular formula is C10H8ClN3O2S. The van der Waals surface area contributed by atoms with Crippen LogP contribution < -0.4 is 5.32 Å². The highest BCUT2D eigenvalue weighted by molar-refractivity contribution is 7.09. The lowest BCUT2D eigenvalue weighted by atomic mass is 10.2. The topological polar surface area (TPSA) is 68.1 Å². The molecule has 0 aliphatic carbocycles. The average Bonchev–Trinajstić information content (AvgIpc) is 2.80. The van der Waals surface area contributed by atoms with E-state index in [1.54, 1.807) is 18.3 Å². The van der Waals surface area contributed by atoms with Crippen molar-refractivity contribution in [2.45, 2.75) is 6.54 Å². The van der Waals surface area contributed by atoms with Crippen molar-refractivity contribution in [1.82, 2.24) is 4.98 Å². The van der Waals surface area contributed by atoms with E-state index in [9.17, 15) is 10.1 Å². The monoisotopic (exact) mass is 269 g/mol. The van der Waals surface area contributed by atoms with Crippen molar-refractivity contribution in [3.63, 3.8) is 0 Å². The van der Waals surface area contributed by atoms with Crippen LogP contribution in [0.4, 0.5) is 11.4 Å². The number of thiazole rings is 1. The lowest BCUT2D eigenvalue weighted by Crippen LogP contribution is -2.02. The number of aromatic nitrogens is 1. The normalized spacial score (nSPS) is 10.2. The van der Waals surface area contributed by atoms with E-state index in [-0.39, 0.29) is 5.69 Å². The molecular weight excluding hydrogens is 262 g/mol. The summed E-state index contributed by atoms with van der Waals surface area (Å²) in [5.74, 6) is 0. The highest BCUT2D eigenvalue weighted by atomic mass is 35.5. The second-order valence-corrected chi connectivity index (χ2v) is 4.61. The lowest BCUT2D eigenvalue weighted by molar-refractivity contribution is -0.383. The van der Waals surface area contributed by atoms with Gasteiger partial charge in [-0.2, -0.15) is 0 Å². The van der Waals surface area contributed by atoms with E-state index in [2.05, 4.69) is 10.3 Å². The Morgan fingerprint density at radius 1 is 1.53 bits per heavy atom. The van der Waals surface area contributed by atoms with E-state index in [4.69, 9.17) is 11.6 Å². The highest BCUT2D eigenvalue weighted by Gasteiger charge is 2.13. The zero-order valence-corrected chi connectivity index (χ0v) is 10.2. The molecule has 0 radical (unpaired) electrons. The fourth-order valence-electron chi connectivity index (χ4n) is 1.32. The van der Waals surface area contributed by atoms with Crippen molar-refractivity contribution in [3.8, 4) is 0 Å². The zero-order valence-electron chi connectivity index (χ0n) is 8.59. The number of nitro benzene ring substituents is 1. The van der Waals surface area contributed by atoms with Gasteiger partial charge in [0, 0.05) is 22.7 Å². The SMILES string of the molecule is O=[N+]([O-])c1cc(Cl)ccc1NCc1nccs1. The molecule has 88 valence electrons. The molecule has 0 saturated heterocycles. The van der Waals surface area contributed by atoms with Crippen molar-refractivity contribution in [2.75, 3.05) is 5.32 Å². The third-order valence-corrected chi connectivity index (χ3v) is 3.08. The Morgan fingerprint density at radius 3 is 3.00 bits per heavy atom. The second-order valence-electron chi connectivity index (χ2n) is 3.20. The number of halogens is 1. The number of benzene rings is 1. The number of hydrogen-bond donors (Lipinski definition) is 1. The summed E-state index contributed by atoms with van der Waals surface area (Å²) in [6.45, 7) is 0.458. The van der Waals surface area contributed by atoms with Crippen LogP contribution in [0.15, 0.2) is 29.8 Å². The van der Waals surface area contributed by atoms with Crippen LogP contribution in [0, 0.1) is 10.1 Å². The van der Waals surface area contributed by atoms with Crippen LogP contribution in [0.25, 0.3) is 0 Å². The summed E-state index contributed by atoms with van der Waals surface area (Å²) in [5.41, 5.74) is 0.406. The highest BCUT2D eigenvalue weighted by Crippen LogP contribution is 2.28. The molecule has 0 saturated carbocycles. The first-order valence-electron chi connectivity index (χ1n) is 4.73. The first kappa shape index (κ1) is 11.8. The summed E-state index contributed by atoms with van der Waals surface area (Å²) >= 11 is 7.21. The van der Waals surface area contributed by atoms with Crippen LogP contribution in [-0.4, -0.2) is 9.91 Å². The van der Waals surface area contributed by atoms with Crippen molar-refractivity contribution >= 4 is 34.3 Å². The molecule has 0 atom stereocenters. The van der Waals surface area contributed by atoms with Crippen molar-refractivity contribution in [1.29, 1.82) is 0 Å². The average molecular weight is 270 g/mol. The molecule has 1 aromatic carbocycles. The molecule has 0 bridgehead atoms. The van der Waals surface area contributed by atoms with Gasteiger partial charge in [-0.05, 0) is 12.1 Å². The first-order chi connectivity index (χ1) is 8.16. The molecule has 0 spiro atoms. The van der Waals surface area contributed by atoms with Gasteiger partial charge >= 0.3 is 0 Å². The van der Waals surface area contributed by atoms with E-state index >= 15 is 0 Å². The molecule has 5 nitrogen and oxygen atoms in total. The minimum atomic E-state index is -0.462. The zero-order chi connectivity index (χ0) is 12.3. The van der Waals surface area contributed by atoms with Crippen LogP contribution >= 0.6 is 22.9 Å². The second kappa shape index (κ2) is 5.11. The minimum Gasteiger partial charge on any atom is -0.373 e. The lowest BCUT2D eigenvalue weighted by Gasteiger charge is -2.05. The quantitative estimate of drug-likeness (QED) is 0.683. The summed E-state index contributed by atoms with van der Waals surface area (Å²) in [6.07, 6.45) is 1.69. The Labute approximate surface area is 106 Å². The van der Waals surface area contributed by atoms with Gasteiger partial charge in [0.05, 0.1) is 11.5 Å². The maximum absolute atomic E-state index is 10.8. The molecule has 7 heteroatoms.